The van der Waals surface area contributed by atoms with Gasteiger partial charge >= 0.3 is 5.69 Å². The molecule has 8 heteroatoms. The summed E-state index contributed by atoms with van der Waals surface area (Å²) in [7, 11) is 1.62. The number of aromatic nitrogens is 4. The van der Waals surface area contributed by atoms with E-state index in [0.29, 0.717) is 31.5 Å². The van der Waals surface area contributed by atoms with Gasteiger partial charge in [-0.3, -0.25) is 14.3 Å². The van der Waals surface area contributed by atoms with Crippen LogP contribution < -0.4 is 15.7 Å². The summed E-state index contributed by atoms with van der Waals surface area (Å²) in [5, 5.41) is 7.65. The lowest BCUT2D eigenvalue weighted by Crippen LogP contribution is -2.36. The van der Waals surface area contributed by atoms with Crippen molar-refractivity contribution in [1.82, 2.24) is 24.6 Å². The van der Waals surface area contributed by atoms with E-state index in [1.54, 1.807) is 17.9 Å². The zero-order chi connectivity index (χ0) is 22.0. The molecule has 3 heterocycles. The lowest BCUT2D eigenvalue weighted by atomic mass is 10.1. The third-order valence-corrected chi connectivity index (χ3v) is 5.82. The largest absolute Gasteiger partial charge is 0.497 e. The number of aryl methyl sites for hydroxylation is 3. The molecule has 31 heavy (non-hydrogen) atoms. The van der Waals surface area contributed by atoms with E-state index in [-0.39, 0.29) is 17.6 Å². The van der Waals surface area contributed by atoms with Crippen molar-refractivity contribution in [3.63, 3.8) is 0 Å². The number of nitrogens with zero attached hydrogens (tertiary/aromatic N) is 4. The first-order valence-electron chi connectivity index (χ1n) is 10.5. The molecular formula is C23H27N5O3. The molecule has 8 nitrogen and oxygen atoms in total. The average molecular weight is 422 g/mol. The van der Waals surface area contributed by atoms with Crippen LogP contribution in [0.4, 0.5) is 0 Å². The molecule has 0 spiro atoms. The Morgan fingerprint density at radius 1 is 1.26 bits per heavy atom. The Morgan fingerprint density at radius 3 is 2.87 bits per heavy atom. The van der Waals surface area contributed by atoms with Crippen molar-refractivity contribution in [2.24, 2.45) is 0 Å². The summed E-state index contributed by atoms with van der Waals surface area (Å²) in [5.74, 6) is 1.39. The molecule has 1 aliphatic heterocycles. The second kappa shape index (κ2) is 8.75. The number of hydrogen-bond donors (Lipinski definition) is 1. The highest BCUT2D eigenvalue weighted by Crippen LogP contribution is 2.16. The number of methoxy groups -OCH3 is 1. The number of amides is 1. The van der Waals surface area contributed by atoms with E-state index in [4.69, 9.17) is 4.74 Å². The van der Waals surface area contributed by atoms with E-state index in [2.05, 4.69) is 15.4 Å². The van der Waals surface area contributed by atoms with Crippen LogP contribution in [0.3, 0.4) is 0 Å². The van der Waals surface area contributed by atoms with E-state index in [9.17, 15) is 9.59 Å². The number of carbonyl (C=O) groups excluding carboxylic acids is 1. The molecule has 0 bridgehead atoms. The molecule has 162 valence electrons. The molecule has 1 unspecified atom stereocenters. The highest BCUT2D eigenvalue weighted by Gasteiger charge is 2.22. The van der Waals surface area contributed by atoms with Gasteiger partial charge in [-0.25, -0.2) is 9.48 Å². The Kier molecular flexibility index (Phi) is 5.88. The zero-order valence-electron chi connectivity index (χ0n) is 18.1. The number of pyridine rings is 1. The zero-order valence-corrected chi connectivity index (χ0v) is 18.1. The number of fused-ring (bicyclic) bond motifs is 1. The van der Waals surface area contributed by atoms with Crippen molar-refractivity contribution in [2.45, 2.75) is 52.2 Å². The summed E-state index contributed by atoms with van der Waals surface area (Å²) in [6.07, 6.45) is 3.66. The molecule has 2 aromatic heterocycles. The molecule has 0 saturated carbocycles. The Balaban J connectivity index is 1.43. The number of hydrogen-bond acceptors (Lipinski definition) is 5. The van der Waals surface area contributed by atoms with E-state index in [0.717, 1.165) is 34.8 Å². The fourth-order valence-electron chi connectivity index (χ4n) is 3.86. The number of carbonyl (C=O) groups is 1. The van der Waals surface area contributed by atoms with Crippen LogP contribution >= 0.6 is 0 Å². The fraction of sp³-hybridized carbons (Fsp3) is 0.391. The molecule has 1 N–H and O–H groups in total. The van der Waals surface area contributed by atoms with Crippen LogP contribution in [0.25, 0.3) is 0 Å². The molecule has 0 saturated heterocycles. The normalized spacial score (nSPS) is 15.8. The molecule has 1 atom stereocenters. The Hall–Kier alpha value is -3.42. The third kappa shape index (κ3) is 4.52. The van der Waals surface area contributed by atoms with Crippen LogP contribution in [0, 0.1) is 13.8 Å². The predicted octanol–water partition coefficient (Wildman–Crippen LogP) is 2.25. The van der Waals surface area contributed by atoms with Crippen molar-refractivity contribution >= 4 is 5.91 Å². The molecule has 1 amide bonds. The van der Waals surface area contributed by atoms with Crippen molar-refractivity contribution in [3.8, 4) is 5.75 Å². The Labute approximate surface area is 180 Å². The van der Waals surface area contributed by atoms with Gasteiger partial charge in [0, 0.05) is 30.9 Å². The first-order chi connectivity index (χ1) is 14.9. The first-order valence-corrected chi connectivity index (χ1v) is 10.5. The molecule has 4 rings (SSSR count). The molecule has 1 aromatic carbocycles. The van der Waals surface area contributed by atoms with Crippen molar-refractivity contribution in [2.75, 3.05) is 7.11 Å². The summed E-state index contributed by atoms with van der Waals surface area (Å²) in [6, 6.07) is 9.48. The minimum absolute atomic E-state index is 0.0120. The highest BCUT2D eigenvalue weighted by atomic mass is 16.5. The van der Waals surface area contributed by atoms with Gasteiger partial charge in [-0.1, -0.05) is 12.1 Å². The van der Waals surface area contributed by atoms with Gasteiger partial charge in [0.1, 0.15) is 11.6 Å². The maximum Gasteiger partial charge on any atom is 0.346 e. The van der Waals surface area contributed by atoms with Crippen LogP contribution in [0.15, 0.2) is 41.3 Å². The quantitative estimate of drug-likeness (QED) is 0.682. The number of nitrogens with one attached hydrogen (secondary N) is 1. The summed E-state index contributed by atoms with van der Waals surface area (Å²) >= 11 is 0. The van der Waals surface area contributed by atoms with Crippen LogP contribution in [0.5, 0.6) is 5.75 Å². The second-order valence-corrected chi connectivity index (χ2v) is 7.98. The van der Waals surface area contributed by atoms with Gasteiger partial charge in [0.15, 0.2) is 0 Å². The molecule has 3 aromatic rings. The van der Waals surface area contributed by atoms with Crippen molar-refractivity contribution < 1.29 is 9.53 Å². The van der Waals surface area contributed by atoms with E-state index >= 15 is 0 Å². The number of benzene rings is 1. The Morgan fingerprint density at radius 2 is 2.10 bits per heavy atom. The van der Waals surface area contributed by atoms with Crippen LogP contribution in [-0.2, 0) is 19.5 Å². The lowest BCUT2D eigenvalue weighted by Gasteiger charge is -2.16. The SMILES string of the molecule is COc1cccc(Cn2nc3n(c2=O)CCC(NC(=O)c2cnc(C)c(C)c2)CC3)c1. The van der Waals surface area contributed by atoms with Crippen LogP contribution in [-0.4, -0.2) is 38.4 Å². The predicted molar refractivity (Wildman–Crippen MR) is 116 cm³/mol. The maximum absolute atomic E-state index is 12.9. The molecule has 0 radical (unpaired) electrons. The van der Waals surface area contributed by atoms with Gasteiger partial charge in [-0.05, 0) is 56.0 Å². The molecular weight excluding hydrogens is 394 g/mol. The van der Waals surface area contributed by atoms with Gasteiger partial charge in [-0.2, -0.15) is 5.10 Å². The van der Waals surface area contributed by atoms with Gasteiger partial charge < -0.3 is 10.1 Å². The van der Waals surface area contributed by atoms with Gasteiger partial charge in [0.25, 0.3) is 5.91 Å². The lowest BCUT2D eigenvalue weighted by molar-refractivity contribution is 0.0932. The molecule has 0 fully saturated rings. The smallest absolute Gasteiger partial charge is 0.346 e. The number of rotatable bonds is 5. The van der Waals surface area contributed by atoms with Crippen LogP contribution in [0.2, 0.25) is 0 Å². The molecule has 1 aliphatic rings. The van der Waals surface area contributed by atoms with Crippen molar-refractivity contribution in [1.29, 1.82) is 0 Å². The maximum atomic E-state index is 12.9. The van der Waals surface area contributed by atoms with E-state index in [1.165, 1.54) is 4.68 Å². The van der Waals surface area contributed by atoms with Gasteiger partial charge in [0.05, 0.1) is 19.2 Å². The standard InChI is InChI=1S/C23H27N5O3/c1-15-11-18(13-24-16(15)2)22(29)25-19-7-8-21-26-28(23(30)27(21)10-9-19)14-17-5-4-6-20(12-17)31-3/h4-6,11-13,19H,7-10,14H2,1-3H3,(H,25,29). The van der Waals surface area contributed by atoms with Gasteiger partial charge in [0.2, 0.25) is 0 Å². The first kappa shape index (κ1) is 20.8. The highest BCUT2D eigenvalue weighted by molar-refractivity contribution is 5.94. The van der Waals surface area contributed by atoms with E-state index in [1.807, 2.05) is 44.2 Å². The summed E-state index contributed by atoms with van der Waals surface area (Å²) in [6.45, 7) is 4.80. The summed E-state index contributed by atoms with van der Waals surface area (Å²) in [5.41, 5.74) is 3.31. The summed E-state index contributed by atoms with van der Waals surface area (Å²) in [4.78, 5) is 29.8. The minimum Gasteiger partial charge on any atom is -0.497 e. The van der Waals surface area contributed by atoms with E-state index < -0.39 is 0 Å². The Bertz CT molecular complexity index is 1160. The topological polar surface area (TPSA) is 91.0 Å². The monoisotopic (exact) mass is 421 g/mol. The van der Waals surface area contributed by atoms with Gasteiger partial charge in [-0.15, -0.1) is 0 Å². The van der Waals surface area contributed by atoms with Crippen molar-refractivity contribution in [3.05, 3.63) is 75.2 Å². The average Bonchev–Trinajstić information content (AvgIpc) is 2.93. The molecule has 0 aliphatic carbocycles. The fourth-order valence-corrected chi connectivity index (χ4v) is 3.86. The minimum atomic E-state index is -0.129. The summed E-state index contributed by atoms with van der Waals surface area (Å²) < 4.78 is 8.49. The van der Waals surface area contributed by atoms with Crippen LogP contribution in [0.1, 0.15) is 45.8 Å². The third-order valence-electron chi connectivity index (χ3n) is 5.82. The number of ether oxygens (including phenoxy) is 1. The second-order valence-electron chi connectivity index (χ2n) is 7.98.